The molecule has 0 N–H and O–H groups in total. The van der Waals surface area contributed by atoms with Crippen LogP contribution in [0.5, 0.6) is 11.5 Å². The first-order valence-electron chi connectivity index (χ1n) is 7.85. The first kappa shape index (κ1) is 15.2. The van der Waals surface area contributed by atoms with Crippen LogP contribution in [0, 0.1) is 0 Å². The number of benzene rings is 1. The molecule has 5 nitrogen and oxygen atoms in total. The van der Waals surface area contributed by atoms with Gasteiger partial charge in [-0.05, 0) is 25.3 Å². The predicted octanol–water partition coefficient (Wildman–Crippen LogP) is 2.03. The third kappa shape index (κ3) is 2.90. The van der Waals surface area contributed by atoms with Crippen molar-refractivity contribution in [1.82, 2.24) is 4.90 Å². The predicted molar refractivity (Wildman–Crippen MR) is 82.3 cm³/mol. The number of fused-ring (bicyclic) bond motifs is 1. The third-order valence-corrected chi connectivity index (χ3v) is 4.64. The summed E-state index contributed by atoms with van der Waals surface area (Å²) in [4.78, 5) is 14.7. The van der Waals surface area contributed by atoms with Gasteiger partial charge in [-0.25, -0.2) is 0 Å². The molecular formula is C17H23NO4. The van der Waals surface area contributed by atoms with Gasteiger partial charge in [0.2, 0.25) is 5.91 Å². The van der Waals surface area contributed by atoms with Crippen LogP contribution >= 0.6 is 0 Å². The van der Waals surface area contributed by atoms with Crippen molar-refractivity contribution in [2.24, 2.45) is 0 Å². The Morgan fingerprint density at radius 3 is 2.95 bits per heavy atom. The Balaban J connectivity index is 1.73. The molecule has 1 aliphatic carbocycles. The summed E-state index contributed by atoms with van der Waals surface area (Å²) >= 11 is 0. The number of rotatable bonds is 4. The first-order valence-corrected chi connectivity index (χ1v) is 7.85. The Kier molecular flexibility index (Phi) is 4.52. The van der Waals surface area contributed by atoms with Crippen molar-refractivity contribution in [1.29, 1.82) is 0 Å². The summed E-state index contributed by atoms with van der Waals surface area (Å²) in [5.74, 6) is 1.59. The molecule has 2 atom stereocenters. The number of carbonyl (C=O) groups excluding carboxylic acids is 1. The van der Waals surface area contributed by atoms with Crippen molar-refractivity contribution in [3.63, 3.8) is 0 Å². The van der Waals surface area contributed by atoms with E-state index in [1.165, 1.54) is 0 Å². The molecule has 5 heteroatoms. The molecule has 0 radical (unpaired) electrons. The Bertz CT molecular complexity index is 545. The van der Waals surface area contributed by atoms with E-state index < -0.39 is 0 Å². The van der Waals surface area contributed by atoms with Crippen molar-refractivity contribution < 1.29 is 19.0 Å². The zero-order chi connectivity index (χ0) is 15.5. The van der Waals surface area contributed by atoms with Crippen LogP contribution in [-0.4, -0.2) is 50.3 Å². The van der Waals surface area contributed by atoms with Crippen LogP contribution in [0.1, 0.15) is 24.8 Å². The quantitative estimate of drug-likeness (QED) is 0.854. The molecule has 0 unspecified atom stereocenters. The van der Waals surface area contributed by atoms with Gasteiger partial charge in [0.15, 0.2) is 0 Å². The highest BCUT2D eigenvalue weighted by Gasteiger charge is 2.38. The van der Waals surface area contributed by atoms with Crippen molar-refractivity contribution >= 4 is 5.91 Å². The summed E-state index contributed by atoms with van der Waals surface area (Å²) in [7, 11) is 3.23. The monoisotopic (exact) mass is 305 g/mol. The molecule has 120 valence electrons. The largest absolute Gasteiger partial charge is 0.497 e. The van der Waals surface area contributed by atoms with Gasteiger partial charge in [0.1, 0.15) is 11.5 Å². The first-order chi connectivity index (χ1) is 10.7. The molecular weight excluding hydrogens is 282 g/mol. The van der Waals surface area contributed by atoms with Gasteiger partial charge in [0.25, 0.3) is 0 Å². The second kappa shape index (κ2) is 6.57. The maximum Gasteiger partial charge on any atom is 0.227 e. The standard InChI is InChI=1S/C17H23NO4/c1-20-13-7-6-12(16(11-13)21-2)10-17(19)18-8-9-22-15-5-3-4-14(15)18/h6-7,11,14-15H,3-5,8-10H2,1-2H3/t14-,15+/m0/s1. The number of hydrogen-bond acceptors (Lipinski definition) is 4. The third-order valence-electron chi connectivity index (χ3n) is 4.64. The molecule has 1 saturated heterocycles. The maximum absolute atomic E-state index is 12.7. The molecule has 1 aliphatic heterocycles. The van der Waals surface area contributed by atoms with Crippen LogP contribution in [0.4, 0.5) is 0 Å². The number of nitrogens with zero attached hydrogens (tertiary/aromatic N) is 1. The molecule has 2 aliphatic rings. The van der Waals surface area contributed by atoms with E-state index in [0.29, 0.717) is 25.3 Å². The maximum atomic E-state index is 12.7. The van der Waals surface area contributed by atoms with Crippen molar-refractivity contribution in [3.8, 4) is 11.5 Å². The van der Waals surface area contributed by atoms with Crippen LogP contribution in [-0.2, 0) is 16.0 Å². The Morgan fingerprint density at radius 1 is 1.32 bits per heavy atom. The molecule has 0 aromatic heterocycles. The number of hydrogen-bond donors (Lipinski definition) is 0. The van der Waals surface area contributed by atoms with Crippen LogP contribution in [0.25, 0.3) is 0 Å². The number of carbonyl (C=O) groups is 1. The average Bonchev–Trinajstić information content (AvgIpc) is 3.03. The van der Waals surface area contributed by atoms with Gasteiger partial charge in [-0.2, -0.15) is 0 Å². The zero-order valence-electron chi connectivity index (χ0n) is 13.2. The zero-order valence-corrected chi connectivity index (χ0v) is 13.2. The second-order valence-corrected chi connectivity index (χ2v) is 5.85. The minimum absolute atomic E-state index is 0.156. The molecule has 1 amide bonds. The normalized spacial score (nSPS) is 24.0. The molecule has 0 bridgehead atoms. The van der Waals surface area contributed by atoms with Gasteiger partial charge >= 0.3 is 0 Å². The van der Waals surface area contributed by atoms with Crippen molar-refractivity contribution in [2.75, 3.05) is 27.4 Å². The highest BCUT2D eigenvalue weighted by Crippen LogP contribution is 2.31. The summed E-state index contributed by atoms with van der Waals surface area (Å²) < 4.78 is 16.4. The molecule has 1 heterocycles. The smallest absolute Gasteiger partial charge is 0.227 e. The van der Waals surface area contributed by atoms with E-state index in [-0.39, 0.29) is 18.1 Å². The molecule has 3 rings (SSSR count). The Labute approximate surface area is 131 Å². The highest BCUT2D eigenvalue weighted by atomic mass is 16.5. The van der Waals surface area contributed by atoms with Crippen LogP contribution in [0.15, 0.2) is 18.2 Å². The molecule has 1 aromatic rings. The van der Waals surface area contributed by atoms with E-state index in [1.807, 2.05) is 23.1 Å². The van der Waals surface area contributed by atoms with Gasteiger partial charge in [0, 0.05) is 18.2 Å². The SMILES string of the molecule is COc1ccc(CC(=O)N2CCO[C@@H]3CCC[C@@H]32)c(OC)c1. The topological polar surface area (TPSA) is 48.0 Å². The Morgan fingerprint density at radius 2 is 2.18 bits per heavy atom. The molecule has 22 heavy (non-hydrogen) atoms. The minimum atomic E-state index is 0.156. The van der Waals surface area contributed by atoms with Crippen molar-refractivity contribution in [2.45, 2.75) is 37.8 Å². The van der Waals surface area contributed by atoms with E-state index in [1.54, 1.807) is 14.2 Å². The summed E-state index contributed by atoms with van der Waals surface area (Å²) in [6.45, 7) is 1.34. The highest BCUT2D eigenvalue weighted by molar-refractivity contribution is 5.80. The van der Waals surface area contributed by atoms with E-state index >= 15 is 0 Å². The number of morpholine rings is 1. The molecule has 2 fully saturated rings. The minimum Gasteiger partial charge on any atom is -0.497 e. The fraction of sp³-hybridized carbons (Fsp3) is 0.588. The summed E-state index contributed by atoms with van der Waals surface area (Å²) in [6, 6.07) is 5.84. The van der Waals surface area contributed by atoms with Gasteiger partial charge in [0.05, 0.1) is 39.4 Å². The number of amides is 1. The van der Waals surface area contributed by atoms with E-state index in [9.17, 15) is 4.79 Å². The van der Waals surface area contributed by atoms with Gasteiger partial charge in [-0.3, -0.25) is 4.79 Å². The lowest BCUT2D eigenvalue weighted by molar-refractivity contribution is -0.143. The van der Waals surface area contributed by atoms with Crippen molar-refractivity contribution in [3.05, 3.63) is 23.8 Å². The fourth-order valence-electron chi connectivity index (χ4n) is 3.50. The lowest BCUT2D eigenvalue weighted by Crippen LogP contribution is -2.51. The van der Waals surface area contributed by atoms with Gasteiger partial charge in [-0.1, -0.05) is 6.07 Å². The van der Waals surface area contributed by atoms with Crippen LogP contribution in [0.3, 0.4) is 0 Å². The molecule has 1 aromatic carbocycles. The Hall–Kier alpha value is -1.75. The lowest BCUT2D eigenvalue weighted by atomic mass is 10.1. The number of methoxy groups -OCH3 is 2. The van der Waals surface area contributed by atoms with Gasteiger partial charge in [-0.15, -0.1) is 0 Å². The molecule has 0 spiro atoms. The second-order valence-electron chi connectivity index (χ2n) is 5.85. The fourth-order valence-corrected chi connectivity index (χ4v) is 3.50. The summed E-state index contributed by atoms with van der Waals surface area (Å²) in [5.41, 5.74) is 0.898. The molecule has 1 saturated carbocycles. The summed E-state index contributed by atoms with van der Waals surface area (Å²) in [5, 5.41) is 0. The average molecular weight is 305 g/mol. The van der Waals surface area contributed by atoms with Crippen LogP contribution < -0.4 is 9.47 Å². The van der Waals surface area contributed by atoms with Crippen LogP contribution in [0.2, 0.25) is 0 Å². The van der Waals surface area contributed by atoms with E-state index in [4.69, 9.17) is 14.2 Å². The lowest BCUT2D eigenvalue weighted by Gasteiger charge is -2.37. The van der Waals surface area contributed by atoms with E-state index in [0.717, 1.165) is 30.6 Å². The summed E-state index contributed by atoms with van der Waals surface area (Å²) in [6.07, 6.45) is 3.85. The number of ether oxygens (including phenoxy) is 3. The van der Waals surface area contributed by atoms with E-state index in [2.05, 4.69) is 0 Å². The van der Waals surface area contributed by atoms with Gasteiger partial charge < -0.3 is 19.1 Å².